The predicted octanol–water partition coefficient (Wildman–Crippen LogP) is 4.59. The number of hydrogen-bond acceptors (Lipinski definition) is 4. The number of imidazole rings is 1. The van der Waals surface area contributed by atoms with Crippen LogP contribution in [0.2, 0.25) is 0 Å². The van der Waals surface area contributed by atoms with E-state index in [0.29, 0.717) is 25.3 Å². The summed E-state index contributed by atoms with van der Waals surface area (Å²) in [7, 11) is 0. The molecule has 32 heavy (non-hydrogen) atoms. The van der Waals surface area contributed by atoms with E-state index in [4.69, 9.17) is 9.72 Å². The molecule has 6 nitrogen and oxygen atoms in total. The van der Waals surface area contributed by atoms with Gasteiger partial charge in [-0.05, 0) is 35.7 Å². The van der Waals surface area contributed by atoms with E-state index in [-0.39, 0.29) is 5.91 Å². The molecule has 0 spiro atoms. The number of nitrogens with zero attached hydrogens (tertiary/aromatic N) is 3. The first-order valence-corrected chi connectivity index (χ1v) is 10.5. The molecular formula is C26H22N4O2. The summed E-state index contributed by atoms with van der Waals surface area (Å²) in [4.78, 5) is 21.2. The van der Waals surface area contributed by atoms with E-state index in [1.54, 1.807) is 24.5 Å². The first kappa shape index (κ1) is 19.8. The highest BCUT2D eigenvalue weighted by Gasteiger charge is 2.13. The number of carbonyl (C=O) groups excluding carboxylic acids is 1. The van der Waals surface area contributed by atoms with E-state index in [1.807, 2.05) is 48.5 Å². The highest BCUT2D eigenvalue weighted by atomic mass is 16.5. The van der Waals surface area contributed by atoms with Crippen molar-refractivity contribution in [1.82, 2.24) is 19.9 Å². The van der Waals surface area contributed by atoms with Gasteiger partial charge in [-0.1, -0.05) is 48.5 Å². The molecule has 158 valence electrons. The highest BCUT2D eigenvalue weighted by Crippen LogP contribution is 2.25. The number of aromatic nitrogens is 3. The minimum Gasteiger partial charge on any atom is -0.491 e. The van der Waals surface area contributed by atoms with Crippen LogP contribution in [0.3, 0.4) is 0 Å². The van der Waals surface area contributed by atoms with Crippen molar-refractivity contribution in [2.24, 2.45) is 0 Å². The minimum atomic E-state index is -0.177. The summed E-state index contributed by atoms with van der Waals surface area (Å²) in [6, 6.07) is 25.7. The molecule has 0 aliphatic rings. The van der Waals surface area contributed by atoms with E-state index in [1.165, 1.54) is 0 Å². The molecule has 0 atom stereocenters. The average molecular weight is 422 g/mol. The maximum Gasteiger partial charge on any atom is 0.253 e. The van der Waals surface area contributed by atoms with Gasteiger partial charge in [0.1, 0.15) is 18.2 Å². The summed E-state index contributed by atoms with van der Waals surface area (Å²) in [5.74, 6) is 1.47. The lowest BCUT2D eigenvalue weighted by atomic mass is 10.1. The number of ether oxygens (including phenoxy) is 1. The Morgan fingerprint density at radius 3 is 2.69 bits per heavy atom. The van der Waals surface area contributed by atoms with Crippen LogP contribution in [0.4, 0.5) is 0 Å². The van der Waals surface area contributed by atoms with Gasteiger partial charge in [-0.3, -0.25) is 9.78 Å². The van der Waals surface area contributed by atoms with Crippen LogP contribution in [0.25, 0.3) is 21.8 Å². The first-order valence-electron chi connectivity index (χ1n) is 10.5. The lowest BCUT2D eigenvalue weighted by Gasteiger charge is -2.13. The number of fused-ring (bicyclic) bond motifs is 2. The number of amides is 1. The molecule has 0 radical (unpaired) electrons. The van der Waals surface area contributed by atoms with E-state index >= 15 is 0 Å². The normalized spacial score (nSPS) is 11.0. The van der Waals surface area contributed by atoms with E-state index in [9.17, 15) is 4.79 Å². The maximum absolute atomic E-state index is 12.5. The molecule has 2 aromatic heterocycles. The summed E-state index contributed by atoms with van der Waals surface area (Å²) >= 11 is 0. The fraction of sp³-hybridized carbons (Fsp3) is 0.115. The van der Waals surface area contributed by atoms with Gasteiger partial charge in [0.2, 0.25) is 0 Å². The van der Waals surface area contributed by atoms with Gasteiger partial charge in [0.15, 0.2) is 0 Å². The Balaban J connectivity index is 1.34. The third-order valence-corrected chi connectivity index (χ3v) is 5.39. The third-order valence-electron chi connectivity index (χ3n) is 5.39. The Kier molecular flexibility index (Phi) is 5.49. The van der Waals surface area contributed by atoms with Gasteiger partial charge in [0, 0.05) is 17.8 Å². The lowest BCUT2D eigenvalue weighted by Crippen LogP contribution is -2.25. The summed E-state index contributed by atoms with van der Waals surface area (Å²) < 4.78 is 8.25. The standard InChI is InChI=1S/C26H22N4O2/c31-26(20-9-6-14-27-17-20)28-18-25-29-22-11-3-4-12-23(22)30(25)15-16-32-24-13-5-8-19-7-1-2-10-21(19)24/h1-14,17H,15-16,18H2,(H,28,31). The molecule has 0 unspecified atom stereocenters. The largest absolute Gasteiger partial charge is 0.491 e. The Morgan fingerprint density at radius 2 is 1.78 bits per heavy atom. The summed E-state index contributed by atoms with van der Waals surface area (Å²) in [5.41, 5.74) is 2.43. The van der Waals surface area contributed by atoms with Gasteiger partial charge in [-0.15, -0.1) is 0 Å². The third kappa shape index (κ3) is 4.03. The zero-order valence-electron chi connectivity index (χ0n) is 17.4. The van der Waals surface area contributed by atoms with Crippen molar-refractivity contribution in [3.8, 4) is 5.75 Å². The number of nitrogens with one attached hydrogen (secondary N) is 1. The Labute approximate surface area is 185 Å². The van der Waals surface area contributed by atoms with Gasteiger partial charge in [-0.2, -0.15) is 0 Å². The molecule has 1 N–H and O–H groups in total. The van der Waals surface area contributed by atoms with Crippen LogP contribution in [-0.4, -0.2) is 27.0 Å². The second-order valence-corrected chi connectivity index (χ2v) is 7.42. The van der Waals surface area contributed by atoms with Gasteiger partial charge in [0.05, 0.1) is 29.7 Å². The van der Waals surface area contributed by atoms with Crippen LogP contribution in [0.15, 0.2) is 91.3 Å². The molecule has 5 aromatic rings. The van der Waals surface area contributed by atoms with Crippen molar-refractivity contribution < 1.29 is 9.53 Å². The molecule has 6 heteroatoms. The SMILES string of the molecule is O=C(NCc1nc2ccccc2n1CCOc1cccc2ccccc12)c1cccnc1. The molecule has 3 aromatic carbocycles. The number of rotatable bonds is 7. The molecular weight excluding hydrogens is 400 g/mol. The Hall–Kier alpha value is -4.19. The lowest BCUT2D eigenvalue weighted by molar-refractivity contribution is 0.0949. The van der Waals surface area contributed by atoms with E-state index < -0.39 is 0 Å². The van der Waals surface area contributed by atoms with Crippen molar-refractivity contribution in [3.63, 3.8) is 0 Å². The monoisotopic (exact) mass is 422 g/mol. The van der Waals surface area contributed by atoms with E-state index in [2.05, 4.69) is 33.1 Å². The van der Waals surface area contributed by atoms with Crippen LogP contribution >= 0.6 is 0 Å². The fourth-order valence-electron chi connectivity index (χ4n) is 3.84. The second kappa shape index (κ2) is 8.89. The van der Waals surface area contributed by atoms with Crippen molar-refractivity contribution >= 4 is 27.7 Å². The molecule has 0 fully saturated rings. The number of benzene rings is 3. The molecule has 0 saturated carbocycles. The smallest absolute Gasteiger partial charge is 0.253 e. The van der Waals surface area contributed by atoms with Gasteiger partial charge in [0.25, 0.3) is 5.91 Å². The van der Waals surface area contributed by atoms with Crippen molar-refractivity contribution in [2.75, 3.05) is 6.61 Å². The molecule has 0 bridgehead atoms. The summed E-state index contributed by atoms with van der Waals surface area (Å²) in [6.45, 7) is 1.41. The fourth-order valence-corrected chi connectivity index (χ4v) is 3.84. The topological polar surface area (TPSA) is 69.0 Å². The van der Waals surface area contributed by atoms with Crippen molar-refractivity contribution in [1.29, 1.82) is 0 Å². The van der Waals surface area contributed by atoms with E-state index in [0.717, 1.165) is 33.4 Å². The molecule has 5 rings (SSSR count). The predicted molar refractivity (Wildman–Crippen MR) is 125 cm³/mol. The van der Waals surface area contributed by atoms with Crippen molar-refractivity contribution in [3.05, 3.63) is 103 Å². The molecule has 1 amide bonds. The number of hydrogen-bond donors (Lipinski definition) is 1. The number of carbonyl (C=O) groups is 1. The van der Waals surface area contributed by atoms with Crippen molar-refractivity contribution in [2.45, 2.75) is 13.1 Å². The summed E-state index contributed by atoms with van der Waals surface area (Å²) in [5, 5.41) is 5.19. The Bertz CT molecular complexity index is 1370. The van der Waals surface area contributed by atoms with Crippen LogP contribution in [0, 0.1) is 0 Å². The minimum absolute atomic E-state index is 0.177. The quantitative estimate of drug-likeness (QED) is 0.416. The van der Waals surface area contributed by atoms with Crippen LogP contribution < -0.4 is 10.1 Å². The number of pyridine rings is 1. The van der Waals surface area contributed by atoms with Crippen LogP contribution in [-0.2, 0) is 13.1 Å². The molecule has 2 heterocycles. The highest BCUT2D eigenvalue weighted by molar-refractivity contribution is 5.93. The summed E-state index contributed by atoms with van der Waals surface area (Å²) in [6.07, 6.45) is 3.20. The average Bonchev–Trinajstić information content (AvgIpc) is 3.20. The number of para-hydroxylation sites is 2. The van der Waals surface area contributed by atoms with Gasteiger partial charge < -0.3 is 14.6 Å². The molecule has 0 saturated heterocycles. The zero-order chi connectivity index (χ0) is 21.8. The Morgan fingerprint density at radius 1 is 0.938 bits per heavy atom. The van der Waals surface area contributed by atoms with Gasteiger partial charge in [-0.25, -0.2) is 4.98 Å². The molecule has 0 aliphatic heterocycles. The first-order chi connectivity index (χ1) is 15.8. The maximum atomic E-state index is 12.5. The zero-order valence-corrected chi connectivity index (χ0v) is 17.4. The molecule has 0 aliphatic carbocycles. The van der Waals surface area contributed by atoms with Crippen LogP contribution in [0.5, 0.6) is 5.75 Å². The van der Waals surface area contributed by atoms with Gasteiger partial charge >= 0.3 is 0 Å². The second-order valence-electron chi connectivity index (χ2n) is 7.42. The van der Waals surface area contributed by atoms with Crippen LogP contribution in [0.1, 0.15) is 16.2 Å².